The Bertz CT molecular complexity index is 1210. The fourth-order valence-electron chi connectivity index (χ4n) is 2.99. The van der Waals surface area contributed by atoms with E-state index in [1.807, 2.05) is 43.4 Å². The van der Waals surface area contributed by atoms with E-state index in [4.69, 9.17) is 23.2 Å². The van der Waals surface area contributed by atoms with E-state index >= 15 is 0 Å². The summed E-state index contributed by atoms with van der Waals surface area (Å²) < 4.78 is 42.9. The first-order valence-corrected chi connectivity index (χ1v) is 11.7. The third-order valence-electron chi connectivity index (χ3n) is 4.82. The van der Waals surface area contributed by atoms with Crippen molar-refractivity contribution in [3.8, 4) is 11.3 Å². The lowest BCUT2D eigenvalue weighted by Crippen LogP contribution is -2.22. The molecule has 36 heavy (non-hydrogen) atoms. The number of benzene rings is 1. The Morgan fingerprint density at radius 3 is 2.58 bits per heavy atom. The zero-order valence-electron chi connectivity index (χ0n) is 19.8. The summed E-state index contributed by atoms with van der Waals surface area (Å²) in [4.78, 5) is 7.55. The van der Waals surface area contributed by atoms with Crippen LogP contribution in [0.4, 0.5) is 13.2 Å². The molecule has 0 aliphatic rings. The van der Waals surface area contributed by atoms with Crippen molar-refractivity contribution in [3.05, 3.63) is 119 Å². The lowest BCUT2D eigenvalue weighted by atomic mass is 10.0. The summed E-state index contributed by atoms with van der Waals surface area (Å²) in [5, 5.41) is 1.11. The molecule has 0 saturated carbocycles. The van der Waals surface area contributed by atoms with Gasteiger partial charge >= 0.3 is 6.11 Å². The van der Waals surface area contributed by atoms with Crippen molar-refractivity contribution in [2.45, 2.75) is 25.9 Å². The predicted molar refractivity (Wildman–Crippen MR) is 144 cm³/mol. The summed E-state index contributed by atoms with van der Waals surface area (Å²) in [7, 11) is 0. The summed E-state index contributed by atoms with van der Waals surface area (Å²) in [5.74, 6) is 0.468. The molecule has 8 heteroatoms. The van der Waals surface area contributed by atoms with Gasteiger partial charge in [0.25, 0.3) is 0 Å². The average Bonchev–Trinajstić information content (AvgIpc) is 3.31. The lowest BCUT2D eigenvalue weighted by molar-refractivity contribution is -0.219. The minimum Gasteiger partial charge on any atom is -0.431 e. The Hall–Kier alpha value is -3.22. The number of ether oxygens (including phenoxy) is 1. The van der Waals surface area contributed by atoms with Crippen LogP contribution < -0.4 is 0 Å². The normalized spacial score (nSPS) is 13.6. The quantitative estimate of drug-likeness (QED) is 0.158. The lowest BCUT2D eigenvalue weighted by Gasteiger charge is -2.14. The number of H-pyrrole nitrogens is 1. The molecular formula is C28H27Cl2F3N2O. The molecule has 2 aromatic rings. The number of aromatic amines is 1. The number of rotatable bonds is 13. The molecule has 0 aliphatic heterocycles. The number of nitrogens with one attached hydrogen (secondary N) is 1. The maximum atomic E-state index is 13.1. The van der Waals surface area contributed by atoms with Crippen LogP contribution in [0.1, 0.15) is 25.6 Å². The van der Waals surface area contributed by atoms with E-state index in [9.17, 15) is 13.2 Å². The second-order valence-electron chi connectivity index (χ2n) is 7.54. The van der Waals surface area contributed by atoms with Gasteiger partial charge in [0, 0.05) is 10.6 Å². The first-order valence-electron chi connectivity index (χ1n) is 11.0. The van der Waals surface area contributed by atoms with Crippen molar-refractivity contribution >= 4 is 29.3 Å². The summed E-state index contributed by atoms with van der Waals surface area (Å²) >= 11 is 12.2. The topological polar surface area (TPSA) is 37.9 Å². The zero-order valence-corrected chi connectivity index (χ0v) is 21.3. The average molecular weight is 535 g/mol. The van der Waals surface area contributed by atoms with Crippen LogP contribution in [-0.4, -0.2) is 22.8 Å². The fraction of sp³-hybridized carbons (Fsp3) is 0.179. The summed E-state index contributed by atoms with van der Waals surface area (Å²) in [6, 6.07) is 5.28. The maximum Gasteiger partial charge on any atom is 0.427 e. The van der Waals surface area contributed by atoms with Gasteiger partial charge in [-0.3, -0.25) is 0 Å². The van der Waals surface area contributed by atoms with Crippen LogP contribution in [0.3, 0.4) is 0 Å². The molecule has 3 nitrogen and oxygen atoms in total. The highest BCUT2D eigenvalue weighted by molar-refractivity contribution is 6.36. The zero-order chi connectivity index (χ0) is 26.6. The van der Waals surface area contributed by atoms with Crippen LogP contribution in [0, 0.1) is 0 Å². The molecule has 1 N–H and O–H groups in total. The first kappa shape index (κ1) is 29.0. The fourth-order valence-corrected chi connectivity index (χ4v) is 3.50. The molecule has 0 atom stereocenters. The van der Waals surface area contributed by atoms with Gasteiger partial charge < -0.3 is 9.72 Å². The van der Waals surface area contributed by atoms with Gasteiger partial charge in [-0.05, 0) is 67.3 Å². The number of allylic oxidation sites excluding steroid dienone is 10. The summed E-state index contributed by atoms with van der Waals surface area (Å²) in [6.07, 6.45) is 14.4. The van der Waals surface area contributed by atoms with E-state index in [1.165, 1.54) is 6.08 Å². The van der Waals surface area contributed by atoms with E-state index < -0.39 is 12.8 Å². The van der Waals surface area contributed by atoms with Crippen LogP contribution in [0.15, 0.2) is 103 Å². The summed E-state index contributed by atoms with van der Waals surface area (Å²) in [5.41, 5.74) is 3.35. The van der Waals surface area contributed by atoms with E-state index in [2.05, 4.69) is 27.9 Å². The molecule has 0 radical (unpaired) electrons. The van der Waals surface area contributed by atoms with Crippen molar-refractivity contribution in [3.63, 3.8) is 0 Å². The number of aromatic nitrogens is 2. The Morgan fingerprint density at radius 1 is 1.14 bits per heavy atom. The van der Waals surface area contributed by atoms with Crippen molar-refractivity contribution in [2.75, 3.05) is 6.67 Å². The van der Waals surface area contributed by atoms with Crippen molar-refractivity contribution in [1.82, 2.24) is 9.97 Å². The molecular weight excluding hydrogens is 508 g/mol. The minimum absolute atomic E-state index is 0.227. The predicted octanol–water partition coefficient (Wildman–Crippen LogP) is 9.44. The first-order chi connectivity index (χ1) is 17.2. The van der Waals surface area contributed by atoms with Crippen molar-refractivity contribution in [2.24, 2.45) is 0 Å². The molecule has 0 bridgehead atoms. The molecule has 0 aliphatic carbocycles. The largest absolute Gasteiger partial charge is 0.431 e. The number of hydrogen-bond acceptors (Lipinski definition) is 2. The van der Waals surface area contributed by atoms with Gasteiger partial charge in [-0.25, -0.2) is 9.37 Å². The molecule has 2 rings (SSSR count). The van der Waals surface area contributed by atoms with E-state index in [0.717, 1.165) is 28.5 Å². The number of imidazole rings is 1. The van der Waals surface area contributed by atoms with Gasteiger partial charge in [-0.15, -0.1) is 0 Å². The standard InChI is InChI=1S/C28H27Cl2F3N2O/c1-4-10-21(20(3)13-15-23(5-2)36-28(32,33)19-31)11-8-6-7-9-12-27-34-18-26(35-27)24-16-14-22(29)17-25(24)30/h4-6,8-10,12-18H,1-2,7,11,19H2,3H3,(H,34,35)/b8-6-,12-9+,20-13+,21-10+,23-15+. The van der Waals surface area contributed by atoms with Gasteiger partial charge in [0.1, 0.15) is 11.6 Å². The van der Waals surface area contributed by atoms with Crippen LogP contribution in [0.5, 0.6) is 0 Å². The third-order valence-corrected chi connectivity index (χ3v) is 5.36. The Kier molecular flexibility index (Phi) is 11.6. The molecule has 0 spiro atoms. The van der Waals surface area contributed by atoms with Gasteiger partial charge in [0.2, 0.25) is 0 Å². The third kappa shape index (κ3) is 9.44. The van der Waals surface area contributed by atoms with Crippen molar-refractivity contribution in [1.29, 1.82) is 0 Å². The number of nitrogens with zero attached hydrogens (tertiary/aromatic N) is 1. The highest BCUT2D eigenvalue weighted by Crippen LogP contribution is 2.29. The Morgan fingerprint density at radius 2 is 1.92 bits per heavy atom. The van der Waals surface area contributed by atoms with Gasteiger partial charge in [-0.1, -0.05) is 72.8 Å². The van der Waals surface area contributed by atoms with Gasteiger partial charge in [0.15, 0.2) is 6.67 Å². The monoisotopic (exact) mass is 534 g/mol. The molecule has 1 heterocycles. The highest BCUT2D eigenvalue weighted by Gasteiger charge is 2.31. The van der Waals surface area contributed by atoms with Crippen LogP contribution >= 0.6 is 23.2 Å². The van der Waals surface area contributed by atoms with E-state index in [1.54, 1.807) is 30.5 Å². The number of alkyl halides is 3. The van der Waals surface area contributed by atoms with E-state index in [-0.39, 0.29) is 5.76 Å². The number of hydrogen-bond donors (Lipinski definition) is 1. The van der Waals surface area contributed by atoms with Crippen LogP contribution in [0.25, 0.3) is 17.3 Å². The molecule has 0 amide bonds. The van der Waals surface area contributed by atoms with Crippen LogP contribution in [0.2, 0.25) is 10.0 Å². The maximum absolute atomic E-state index is 13.1. The van der Waals surface area contributed by atoms with E-state index in [0.29, 0.717) is 28.7 Å². The molecule has 1 aromatic carbocycles. The molecule has 190 valence electrons. The van der Waals surface area contributed by atoms with Crippen LogP contribution in [-0.2, 0) is 4.74 Å². The van der Waals surface area contributed by atoms with Crippen molar-refractivity contribution < 1.29 is 17.9 Å². The van der Waals surface area contributed by atoms with Gasteiger partial charge in [0.05, 0.1) is 16.9 Å². The SMILES string of the molecule is C=C/C=C(C/C=C\C/C=C/c1ncc(-c2ccc(Cl)cc2Cl)[nH]1)/C(C)=C/C=C(\C=C)OC(F)(F)CF. The Balaban J connectivity index is 1.96. The molecule has 0 saturated heterocycles. The Labute approximate surface area is 219 Å². The van der Waals surface area contributed by atoms with Gasteiger partial charge in [-0.2, -0.15) is 8.78 Å². The minimum atomic E-state index is -3.89. The molecule has 0 unspecified atom stereocenters. The highest BCUT2D eigenvalue weighted by atomic mass is 35.5. The number of halogens is 5. The molecule has 0 fully saturated rings. The summed E-state index contributed by atoms with van der Waals surface area (Å²) in [6.45, 7) is 7.05. The smallest absolute Gasteiger partial charge is 0.427 e. The second kappa shape index (κ2) is 14.4. The molecule has 1 aromatic heterocycles. The second-order valence-corrected chi connectivity index (χ2v) is 8.39.